The van der Waals surface area contributed by atoms with Crippen molar-refractivity contribution in [1.29, 1.82) is 0 Å². The minimum atomic E-state index is -0.354. The van der Waals surface area contributed by atoms with Crippen LogP contribution in [0.1, 0.15) is 49.6 Å². The van der Waals surface area contributed by atoms with Crippen molar-refractivity contribution < 1.29 is 9.53 Å². The fourth-order valence-electron chi connectivity index (χ4n) is 4.48. The molecule has 2 aromatic rings. The summed E-state index contributed by atoms with van der Waals surface area (Å²) in [5.74, 6) is -0.258. The molecule has 8 heteroatoms. The standard InChI is InChI=1S/C24H30Cl2N4O2/c1-15(2)28-13-19(18-5-4-17(25)12-20(18)26)24(31)30-10-8-29(9-11-30)22-6-7-27-21-14-32-16(3)23(21)22/h4-7,12,15-16,19,28H,8-11,13-14H2,1-3H3/t16-,19?/m0/s1. The van der Waals surface area contributed by atoms with E-state index in [9.17, 15) is 4.79 Å². The van der Waals surface area contributed by atoms with Crippen LogP contribution < -0.4 is 10.2 Å². The Hall–Kier alpha value is -1.86. The number of nitrogens with zero attached hydrogens (tertiary/aromatic N) is 3. The molecule has 2 atom stereocenters. The molecular weight excluding hydrogens is 447 g/mol. The zero-order valence-electron chi connectivity index (χ0n) is 18.8. The van der Waals surface area contributed by atoms with Crippen molar-refractivity contribution >= 4 is 34.8 Å². The first kappa shape index (κ1) is 23.3. The molecule has 2 aliphatic rings. The fraction of sp³-hybridized carbons (Fsp3) is 0.500. The van der Waals surface area contributed by atoms with E-state index >= 15 is 0 Å². The van der Waals surface area contributed by atoms with Crippen LogP contribution in [0.3, 0.4) is 0 Å². The molecular formula is C24H30Cl2N4O2. The summed E-state index contributed by atoms with van der Waals surface area (Å²) in [4.78, 5) is 22.3. The molecule has 0 radical (unpaired) electrons. The van der Waals surface area contributed by atoms with Gasteiger partial charge in [-0.3, -0.25) is 9.78 Å². The van der Waals surface area contributed by atoms with E-state index in [-0.39, 0.29) is 24.0 Å². The molecule has 6 nitrogen and oxygen atoms in total. The second-order valence-corrected chi connectivity index (χ2v) is 9.58. The first-order valence-electron chi connectivity index (χ1n) is 11.2. The molecule has 1 saturated heterocycles. The predicted molar refractivity (Wildman–Crippen MR) is 129 cm³/mol. The molecule has 0 bridgehead atoms. The van der Waals surface area contributed by atoms with Gasteiger partial charge in [0.25, 0.3) is 0 Å². The van der Waals surface area contributed by atoms with Gasteiger partial charge in [0.05, 0.1) is 24.3 Å². The van der Waals surface area contributed by atoms with Gasteiger partial charge >= 0.3 is 0 Å². The number of hydrogen-bond acceptors (Lipinski definition) is 5. The van der Waals surface area contributed by atoms with Crippen molar-refractivity contribution in [3.05, 3.63) is 57.3 Å². The molecule has 0 spiro atoms. The van der Waals surface area contributed by atoms with Crippen molar-refractivity contribution in [3.63, 3.8) is 0 Å². The van der Waals surface area contributed by atoms with Crippen LogP contribution in [-0.4, -0.2) is 54.6 Å². The van der Waals surface area contributed by atoms with E-state index in [1.54, 1.807) is 12.1 Å². The number of hydrogen-bond donors (Lipinski definition) is 1. The van der Waals surface area contributed by atoms with Crippen molar-refractivity contribution in [2.24, 2.45) is 0 Å². The number of pyridine rings is 1. The molecule has 1 aromatic heterocycles. The lowest BCUT2D eigenvalue weighted by atomic mass is 9.96. The van der Waals surface area contributed by atoms with Gasteiger partial charge in [-0.15, -0.1) is 0 Å². The van der Waals surface area contributed by atoms with Crippen molar-refractivity contribution in [2.45, 2.75) is 45.4 Å². The summed E-state index contributed by atoms with van der Waals surface area (Å²) >= 11 is 12.6. The molecule has 1 unspecified atom stereocenters. The van der Waals surface area contributed by atoms with Gasteiger partial charge in [-0.25, -0.2) is 0 Å². The van der Waals surface area contributed by atoms with E-state index < -0.39 is 0 Å². The maximum Gasteiger partial charge on any atom is 0.231 e. The molecule has 4 rings (SSSR count). The SMILES string of the molecule is CC(C)NCC(C(=O)N1CCN(c2ccnc3c2[C@H](C)OC3)CC1)c1ccc(Cl)cc1Cl. The summed E-state index contributed by atoms with van der Waals surface area (Å²) in [6, 6.07) is 7.70. The van der Waals surface area contributed by atoms with Gasteiger partial charge in [0.1, 0.15) is 0 Å². The highest BCUT2D eigenvalue weighted by Crippen LogP contribution is 2.37. The van der Waals surface area contributed by atoms with Gasteiger partial charge in [0.15, 0.2) is 0 Å². The quantitative estimate of drug-likeness (QED) is 0.668. The molecule has 0 saturated carbocycles. The van der Waals surface area contributed by atoms with Gasteiger partial charge in [-0.1, -0.05) is 43.1 Å². The second kappa shape index (κ2) is 9.96. The lowest BCUT2D eigenvalue weighted by Crippen LogP contribution is -2.51. The first-order valence-corrected chi connectivity index (χ1v) is 11.9. The average Bonchev–Trinajstić information content (AvgIpc) is 3.16. The van der Waals surface area contributed by atoms with Crippen LogP contribution in [0.15, 0.2) is 30.5 Å². The number of fused-ring (bicyclic) bond motifs is 1. The van der Waals surface area contributed by atoms with Gasteiger partial charge in [0, 0.05) is 66.3 Å². The van der Waals surface area contributed by atoms with Crippen LogP contribution in [0.5, 0.6) is 0 Å². The van der Waals surface area contributed by atoms with E-state index in [2.05, 4.69) is 42.0 Å². The topological polar surface area (TPSA) is 57.7 Å². The Morgan fingerprint density at radius 1 is 1.22 bits per heavy atom. The lowest BCUT2D eigenvalue weighted by Gasteiger charge is -2.38. The lowest BCUT2D eigenvalue weighted by molar-refractivity contribution is -0.133. The third-order valence-corrected chi connectivity index (χ3v) is 6.79. The molecule has 0 aliphatic carbocycles. The smallest absolute Gasteiger partial charge is 0.231 e. The Morgan fingerprint density at radius 3 is 2.66 bits per heavy atom. The average molecular weight is 477 g/mol. The number of nitrogens with one attached hydrogen (secondary N) is 1. The summed E-state index contributed by atoms with van der Waals surface area (Å²) in [5.41, 5.74) is 4.19. The number of ether oxygens (including phenoxy) is 1. The van der Waals surface area contributed by atoms with E-state index in [1.165, 1.54) is 11.3 Å². The van der Waals surface area contributed by atoms with Crippen LogP contribution in [0, 0.1) is 0 Å². The van der Waals surface area contributed by atoms with Gasteiger partial charge in [-0.2, -0.15) is 0 Å². The molecule has 1 amide bonds. The van der Waals surface area contributed by atoms with E-state index in [0.717, 1.165) is 24.3 Å². The Balaban J connectivity index is 1.49. The number of piperazine rings is 1. The zero-order valence-corrected chi connectivity index (χ0v) is 20.3. The largest absolute Gasteiger partial charge is 0.368 e. The summed E-state index contributed by atoms with van der Waals surface area (Å²) in [7, 11) is 0. The van der Waals surface area contributed by atoms with Gasteiger partial charge in [-0.05, 0) is 30.7 Å². The molecule has 2 aliphatic heterocycles. The summed E-state index contributed by atoms with van der Waals surface area (Å²) in [6.45, 7) is 10.2. The number of rotatable bonds is 6. The minimum Gasteiger partial charge on any atom is -0.368 e. The highest BCUT2D eigenvalue weighted by molar-refractivity contribution is 6.35. The third kappa shape index (κ3) is 4.88. The minimum absolute atomic E-state index is 0.0481. The number of carbonyl (C=O) groups excluding carboxylic acids is 1. The number of anilines is 1. The zero-order chi connectivity index (χ0) is 22.8. The highest BCUT2D eigenvalue weighted by atomic mass is 35.5. The summed E-state index contributed by atoms with van der Waals surface area (Å²) in [5, 5.41) is 4.50. The summed E-state index contributed by atoms with van der Waals surface area (Å²) < 4.78 is 5.78. The Bertz CT molecular complexity index is 976. The first-order chi connectivity index (χ1) is 15.3. The number of amides is 1. The number of aromatic nitrogens is 1. The Morgan fingerprint density at radius 2 is 1.97 bits per heavy atom. The van der Waals surface area contributed by atoms with E-state index in [0.29, 0.717) is 36.3 Å². The molecule has 1 fully saturated rings. The van der Waals surface area contributed by atoms with Crippen molar-refractivity contribution in [1.82, 2.24) is 15.2 Å². The molecule has 172 valence electrons. The van der Waals surface area contributed by atoms with Gasteiger partial charge in [0.2, 0.25) is 5.91 Å². The van der Waals surface area contributed by atoms with Crippen LogP contribution >= 0.6 is 23.2 Å². The van der Waals surface area contributed by atoms with Crippen LogP contribution in [0.2, 0.25) is 10.0 Å². The number of halogens is 2. The second-order valence-electron chi connectivity index (χ2n) is 8.74. The third-order valence-electron chi connectivity index (χ3n) is 6.22. The van der Waals surface area contributed by atoms with Crippen LogP contribution in [0.4, 0.5) is 5.69 Å². The van der Waals surface area contributed by atoms with Crippen molar-refractivity contribution in [2.75, 3.05) is 37.6 Å². The molecule has 32 heavy (non-hydrogen) atoms. The van der Waals surface area contributed by atoms with Crippen LogP contribution in [0.25, 0.3) is 0 Å². The number of benzene rings is 1. The summed E-state index contributed by atoms with van der Waals surface area (Å²) in [6.07, 6.45) is 1.90. The van der Waals surface area contributed by atoms with Crippen molar-refractivity contribution in [3.8, 4) is 0 Å². The Labute approximate surface area is 199 Å². The maximum absolute atomic E-state index is 13.6. The highest BCUT2D eigenvalue weighted by Gasteiger charge is 2.32. The molecule has 1 N–H and O–H groups in total. The van der Waals surface area contributed by atoms with E-state index in [1.807, 2.05) is 17.2 Å². The van der Waals surface area contributed by atoms with Crippen LogP contribution in [-0.2, 0) is 16.1 Å². The Kier molecular flexibility index (Phi) is 7.25. The fourth-order valence-corrected chi connectivity index (χ4v) is 5.02. The molecule has 3 heterocycles. The molecule has 1 aromatic carbocycles. The monoisotopic (exact) mass is 476 g/mol. The maximum atomic E-state index is 13.6. The normalized spacial score (nSPS) is 19.4. The van der Waals surface area contributed by atoms with Gasteiger partial charge < -0.3 is 19.9 Å². The van der Waals surface area contributed by atoms with E-state index in [4.69, 9.17) is 27.9 Å². The predicted octanol–water partition coefficient (Wildman–Crippen LogP) is 4.41. The number of carbonyl (C=O) groups is 1.